The molecule has 0 saturated heterocycles. The second-order valence-corrected chi connectivity index (χ2v) is 7.22. The maximum atomic E-state index is 4.56. The van der Waals surface area contributed by atoms with Gasteiger partial charge in [-0.15, -0.1) is 10.2 Å². The first kappa shape index (κ1) is 16.9. The molecular formula is C18H17BrN4S. The number of rotatable bonds is 5. The van der Waals surface area contributed by atoms with Crippen LogP contribution in [-0.4, -0.2) is 21.1 Å². The quantitative estimate of drug-likeness (QED) is 0.454. The fourth-order valence-electron chi connectivity index (χ4n) is 2.14. The van der Waals surface area contributed by atoms with Gasteiger partial charge in [-0.05, 0) is 42.7 Å². The van der Waals surface area contributed by atoms with E-state index in [4.69, 9.17) is 0 Å². The first-order chi connectivity index (χ1) is 11.6. The highest BCUT2D eigenvalue weighted by molar-refractivity contribution is 9.10. The molecule has 0 atom stereocenters. The predicted molar refractivity (Wildman–Crippen MR) is 103 cm³/mol. The molecule has 0 spiro atoms. The SMILES string of the molecule is Cc1ccccc1/C=N\n1c(C)nnc1SCc1ccc(Br)cc1. The smallest absolute Gasteiger partial charge is 0.192 e. The van der Waals surface area contributed by atoms with E-state index in [1.807, 2.05) is 43.5 Å². The Labute approximate surface area is 154 Å². The zero-order valence-electron chi connectivity index (χ0n) is 13.5. The number of nitrogens with zero attached hydrogens (tertiary/aromatic N) is 4. The second-order valence-electron chi connectivity index (χ2n) is 5.36. The fraction of sp³-hybridized carbons (Fsp3) is 0.167. The molecular weight excluding hydrogens is 384 g/mol. The lowest BCUT2D eigenvalue weighted by molar-refractivity contribution is 0.744. The Bertz CT molecular complexity index is 856. The number of thioether (sulfide) groups is 1. The van der Waals surface area contributed by atoms with Crippen LogP contribution in [0.15, 0.2) is 63.3 Å². The predicted octanol–water partition coefficient (Wildman–Crippen LogP) is 4.83. The van der Waals surface area contributed by atoms with Gasteiger partial charge in [-0.3, -0.25) is 0 Å². The van der Waals surface area contributed by atoms with Crippen LogP contribution in [0.25, 0.3) is 0 Å². The molecule has 0 aliphatic rings. The van der Waals surface area contributed by atoms with Gasteiger partial charge in [-0.25, -0.2) is 0 Å². The van der Waals surface area contributed by atoms with E-state index in [1.54, 1.807) is 16.4 Å². The van der Waals surface area contributed by atoms with Gasteiger partial charge >= 0.3 is 0 Å². The molecule has 0 fully saturated rings. The molecule has 3 rings (SSSR count). The number of benzene rings is 2. The Morgan fingerprint density at radius 2 is 1.83 bits per heavy atom. The van der Waals surface area contributed by atoms with E-state index in [0.29, 0.717) is 0 Å². The summed E-state index contributed by atoms with van der Waals surface area (Å²) in [6.07, 6.45) is 1.86. The molecule has 122 valence electrons. The van der Waals surface area contributed by atoms with Crippen LogP contribution in [0.1, 0.15) is 22.5 Å². The lowest BCUT2D eigenvalue weighted by atomic mass is 10.1. The Balaban J connectivity index is 1.76. The summed E-state index contributed by atoms with van der Waals surface area (Å²) in [5, 5.41) is 13.7. The monoisotopic (exact) mass is 400 g/mol. The molecule has 6 heteroatoms. The van der Waals surface area contributed by atoms with Gasteiger partial charge in [0.2, 0.25) is 5.16 Å². The van der Waals surface area contributed by atoms with Crippen LogP contribution in [0, 0.1) is 13.8 Å². The average molecular weight is 401 g/mol. The Hall–Kier alpha value is -1.92. The number of hydrogen-bond acceptors (Lipinski definition) is 4. The Morgan fingerprint density at radius 3 is 2.58 bits per heavy atom. The van der Waals surface area contributed by atoms with Crippen LogP contribution >= 0.6 is 27.7 Å². The van der Waals surface area contributed by atoms with E-state index in [2.05, 4.69) is 56.4 Å². The number of halogens is 1. The van der Waals surface area contributed by atoms with E-state index in [9.17, 15) is 0 Å². The summed E-state index contributed by atoms with van der Waals surface area (Å²) in [6, 6.07) is 16.4. The van der Waals surface area contributed by atoms with Crippen molar-refractivity contribution < 1.29 is 0 Å². The van der Waals surface area contributed by atoms with Gasteiger partial charge in [0.05, 0.1) is 6.21 Å². The normalized spacial score (nSPS) is 11.3. The highest BCUT2D eigenvalue weighted by atomic mass is 79.9. The van der Waals surface area contributed by atoms with Crippen molar-refractivity contribution in [3.05, 3.63) is 75.5 Å². The summed E-state index contributed by atoms with van der Waals surface area (Å²) >= 11 is 5.08. The summed E-state index contributed by atoms with van der Waals surface area (Å²) in [6.45, 7) is 3.98. The minimum atomic E-state index is 0.776. The van der Waals surface area contributed by atoms with E-state index in [1.165, 1.54) is 11.1 Å². The average Bonchev–Trinajstić information content (AvgIpc) is 2.94. The van der Waals surface area contributed by atoms with Gasteiger partial charge in [0.1, 0.15) is 0 Å². The topological polar surface area (TPSA) is 43.1 Å². The summed E-state index contributed by atoms with van der Waals surface area (Å²) in [5.74, 6) is 1.60. The van der Waals surface area contributed by atoms with Crippen molar-refractivity contribution >= 4 is 33.9 Å². The Morgan fingerprint density at radius 1 is 1.08 bits per heavy atom. The van der Waals surface area contributed by atoms with Gasteiger partial charge in [-0.1, -0.05) is 64.1 Å². The number of aromatic nitrogens is 3. The van der Waals surface area contributed by atoms with Gasteiger partial charge in [0.25, 0.3) is 0 Å². The largest absolute Gasteiger partial charge is 0.212 e. The molecule has 2 aromatic carbocycles. The summed E-state index contributed by atoms with van der Waals surface area (Å²) < 4.78 is 2.87. The van der Waals surface area contributed by atoms with Crippen LogP contribution in [0.5, 0.6) is 0 Å². The van der Waals surface area contributed by atoms with Crippen molar-refractivity contribution in [3.8, 4) is 0 Å². The standard InChI is InChI=1S/C18H17BrN4S/c1-13-5-3-4-6-16(13)11-20-23-14(2)21-22-18(23)24-12-15-7-9-17(19)10-8-15/h3-11H,12H2,1-2H3/b20-11-. The molecule has 0 unspecified atom stereocenters. The lowest BCUT2D eigenvalue weighted by Crippen LogP contribution is -1.97. The maximum absolute atomic E-state index is 4.56. The molecule has 0 N–H and O–H groups in total. The molecule has 4 nitrogen and oxygen atoms in total. The van der Waals surface area contributed by atoms with Gasteiger partial charge in [0, 0.05) is 10.2 Å². The van der Waals surface area contributed by atoms with Crippen LogP contribution in [0.2, 0.25) is 0 Å². The summed E-state index contributed by atoms with van der Waals surface area (Å²) in [7, 11) is 0. The van der Waals surface area contributed by atoms with Gasteiger partial charge in [0.15, 0.2) is 5.82 Å². The minimum absolute atomic E-state index is 0.776. The molecule has 0 aliphatic carbocycles. The van der Waals surface area contributed by atoms with E-state index in [-0.39, 0.29) is 0 Å². The molecule has 0 saturated carbocycles. The highest BCUT2D eigenvalue weighted by Crippen LogP contribution is 2.23. The third-order valence-corrected chi connectivity index (χ3v) is 5.07. The number of hydrogen-bond donors (Lipinski definition) is 0. The van der Waals surface area contributed by atoms with Crippen molar-refractivity contribution in [3.63, 3.8) is 0 Å². The molecule has 1 heterocycles. The van der Waals surface area contributed by atoms with E-state index >= 15 is 0 Å². The minimum Gasteiger partial charge on any atom is -0.192 e. The van der Waals surface area contributed by atoms with Crippen LogP contribution < -0.4 is 0 Å². The first-order valence-electron chi connectivity index (χ1n) is 7.53. The molecule has 0 bridgehead atoms. The molecule has 0 amide bonds. The van der Waals surface area contributed by atoms with Gasteiger partial charge in [-0.2, -0.15) is 9.78 Å². The maximum Gasteiger partial charge on any atom is 0.212 e. The van der Waals surface area contributed by atoms with E-state index in [0.717, 1.165) is 26.8 Å². The van der Waals surface area contributed by atoms with Crippen molar-refractivity contribution in [2.45, 2.75) is 24.8 Å². The third-order valence-electron chi connectivity index (χ3n) is 3.55. The van der Waals surface area contributed by atoms with Crippen molar-refractivity contribution in [1.29, 1.82) is 0 Å². The van der Waals surface area contributed by atoms with E-state index < -0.39 is 0 Å². The van der Waals surface area contributed by atoms with Crippen molar-refractivity contribution in [1.82, 2.24) is 14.9 Å². The van der Waals surface area contributed by atoms with Crippen LogP contribution in [0.4, 0.5) is 0 Å². The van der Waals surface area contributed by atoms with Crippen molar-refractivity contribution in [2.75, 3.05) is 0 Å². The summed E-state index contributed by atoms with van der Waals surface area (Å²) in [4.78, 5) is 0. The fourth-order valence-corrected chi connectivity index (χ4v) is 3.29. The first-order valence-corrected chi connectivity index (χ1v) is 9.30. The van der Waals surface area contributed by atoms with Crippen LogP contribution in [0.3, 0.4) is 0 Å². The lowest BCUT2D eigenvalue weighted by Gasteiger charge is -2.03. The number of aryl methyl sites for hydroxylation is 2. The third kappa shape index (κ3) is 4.13. The second kappa shape index (κ2) is 7.77. The summed E-state index contributed by atoms with van der Waals surface area (Å²) in [5.41, 5.74) is 3.52. The van der Waals surface area contributed by atoms with Gasteiger partial charge < -0.3 is 0 Å². The Kier molecular flexibility index (Phi) is 5.48. The highest BCUT2D eigenvalue weighted by Gasteiger charge is 2.09. The molecule has 0 aliphatic heterocycles. The zero-order chi connectivity index (χ0) is 16.9. The molecule has 0 radical (unpaired) electrons. The zero-order valence-corrected chi connectivity index (χ0v) is 15.9. The molecule has 1 aromatic heterocycles. The molecule has 3 aromatic rings. The molecule has 24 heavy (non-hydrogen) atoms. The van der Waals surface area contributed by atoms with Crippen molar-refractivity contribution in [2.24, 2.45) is 5.10 Å². The van der Waals surface area contributed by atoms with Crippen LogP contribution in [-0.2, 0) is 5.75 Å².